The molecule has 0 aromatic heterocycles. The fourth-order valence-electron chi connectivity index (χ4n) is 3.83. The van der Waals surface area contributed by atoms with Crippen LogP contribution in [0.25, 0.3) is 0 Å². The molecule has 0 aliphatic carbocycles. The predicted molar refractivity (Wildman–Crippen MR) is 108 cm³/mol. The number of benzene rings is 2. The van der Waals surface area contributed by atoms with Crippen LogP contribution in [0.1, 0.15) is 37.4 Å². The first-order valence-electron chi connectivity index (χ1n) is 9.83. The lowest BCUT2D eigenvalue weighted by molar-refractivity contribution is -0.135. The average Bonchev–Trinajstić information content (AvgIpc) is 3.32. The van der Waals surface area contributed by atoms with Gasteiger partial charge < -0.3 is 20.1 Å². The van der Waals surface area contributed by atoms with Gasteiger partial charge in [0.05, 0.1) is 6.04 Å². The highest BCUT2D eigenvalue weighted by molar-refractivity contribution is 6.09. The third-order valence-corrected chi connectivity index (χ3v) is 5.55. The first-order chi connectivity index (χ1) is 14.4. The summed E-state index contributed by atoms with van der Waals surface area (Å²) in [6.45, 7) is 3.47. The Morgan fingerprint density at radius 2 is 1.90 bits per heavy atom. The minimum Gasteiger partial charge on any atom is -0.454 e. The van der Waals surface area contributed by atoms with Gasteiger partial charge in [0.1, 0.15) is 12.1 Å². The molecule has 2 aromatic carbocycles. The zero-order valence-corrected chi connectivity index (χ0v) is 16.8. The fourth-order valence-corrected chi connectivity index (χ4v) is 3.83. The first kappa shape index (κ1) is 19.8. The summed E-state index contributed by atoms with van der Waals surface area (Å²) >= 11 is 0. The van der Waals surface area contributed by atoms with E-state index in [-0.39, 0.29) is 19.4 Å². The number of hydrogen-bond donors (Lipinski definition) is 2. The summed E-state index contributed by atoms with van der Waals surface area (Å²) in [7, 11) is 0. The number of amides is 4. The van der Waals surface area contributed by atoms with Crippen LogP contribution in [0.4, 0.5) is 4.79 Å². The molecule has 1 saturated heterocycles. The van der Waals surface area contributed by atoms with Crippen LogP contribution < -0.4 is 20.1 Å². The fraction of sp³-hybridized carbons (Fsp3) is 0.318. The lowest BCUT2D eigenvalue weighted by atomic mass is 9.87. The van der Waals surface area contributed by atoms with Crippen molar-refractivity contribution in [3.05, 3.63) is 59.7 Å². The van der Waals surface area contributed by atoms with Gasteiger partial charge in [0.2, 0.25) is 12.7 Å². The van der Waals surface area contributed by atoms with Crippen molar-refractivity contribution >= 4 is 17.8 Å². The Morgan fingerprint density at radius 1 is 1.17 bits per heavy atom. The third-order valence-electron chi connectivity index (χ3n) is 5.55. The molecule has 2 atom stereocenters. The van der Waals surface area contributed by atoms with Crippen molar-refractivity contribution in [2.45, 2.75) is 31.8 Å². The predicted octanol–water partition coefficient (Wildman–Crippen LogP) is 2.45. The Labute approximate surface area is 174 Å². The van der Waals surface area contributed by atoms with E-state index in [2.05, 4.69) is 10.6 Å². The first-order valence-corrected chi connectivity index (χ1v) is 9.83. The van der Waals surface area contributed by atoms with Gasteiger partial charge in [-0.25, -0.2) is 4.79 Å². The van der Waals surface area contributed by atoms with Crippen molar-refractivity contribution < 1.29 is 23.9 Å². The lowest BCUT2D eigenvalue weighted by Gasteiger charge is -2.25. The smallest absolute Gasteiger partial charge is 0.325 e. The van der Waals surface area contributed by atoms with Crippen molar-refractivity contribution in [2.75, 3.05) is 13.3 Å². The van der Waals surface area contributed by atoms with Crippen molar-refractivity contribution in [2.24, 2.45) is 0 Å². The molecule has 8 heteroatoms. The van der Waals surface area contributed by atoms with E-state index in [9.17, 15) is 14.4 Å². The zero-order chi connectivity index (χ0) is 21.3. The van der Waals surface area contributed by atoms with E-state index in [0.29, 0.717) is 23.5 Å². The van der Waals surface area contributed by atoms with Crippen molar-refractivity contribution in [1.82, 2.24) is 15.5 Å². The highest BCUT2D eigenvalue weighted by Gasteiger charge is 2.51. The summed E-state index contributed by atoms with van der Waals surface area (Å²) in [6.07, 6.45) is 0.382. The molecular formula is C22H23N3O5. The second-order valence-corrected chi connectivity index (χ2v) is 7.35. The van der Waals surface area contributed by atoms with Gasteiger partial charge in [0.15, 0.2) is 11.5 Å². The lowest BCUT2D eigenvalue weighted by Crippen LogP contribution is -2.45. The van der Waals surface area contributed by atoms with Crippen LogP contribution in [0.5, 0.6) is 11.5 Å². The van der Waals surface area contributed by atoms with Crippen LogP contribution in [-0.2, 0) is 15.1 Å². The molecule has 2 aliphatic rings. The van der Waals surface area contributed by atoms with Crippen molar-refractivity contribution in [1.29, 1.82) is 0 Å². The number of ether oxygens (including phenoxy) is 2. The maximum atomic E-state index is 13.1. The number of rotatable bonds is 6. The van der Waals surface area contributed by atoms with Gasteiger partial charge in [-0.05, 0) is 36.6 Å². The molecule has 0 saturated carbocycles. The van der Waals surface area contributed by atoms with Crippen LogP contribution >= 0.6 is 0 Å². The molecule has 2 aromatic rings. The Balaban J connectivity index is 1.45. The molecule has 4 rings (SSSR count). The van der Waals surface area contributed by atoms with Gasteiger partial charge in [0, 0.05) is 0 Å². The number of imide groups is 1. The van der Waals surface area contributed by atoms with Gasteiger partial charge in [-0.3, -0.25) is 14.5 Å². The minimum atomic E-state index is -1.15. The second kappa shape index (κ2) is 7.70. The van der Waals surface area contributed by atoms with Gasteiger partial charge in [-0.15, -0.1) is 0 Å². The number of fused-ring (bicyclic) bond motifs is 1. The molecule has 0 bridgehead atoms. The summed E-state index contributed by atoms with van der Waals surface area (Å²) in [5.74, 6) is 0.433. The van der Waals surface area contributed by atoms with Crippen molar-refractivity contribution in [3.8, 4) is 11.5 Å². The van der Waals surface area contributed by atoms with Crippen LogP contribution in [0.15, 0.2) is 48.5 Å². The molecule has 2 N–H and O–H groups in total. The highest BCUT2D eigenvalue weighted by Crippen LogP contribution is 2.34. The Morgan fingerprint density at radius 3 is 2.63 bits per heavy atom. The van der Waals surface area contributed by atoms with Crippen LogP contribution in [0.3, 0.4) is 0 Å². The Kier molecular flexibility index (Phi) is 5.07. The molecule has 8 nitrogen and oxygen atoms in total. The number of nitrogens with zero attached hydrogens (tertiary/aromatic N) is 1. The van der Waals surface area contributed by atoms with Crippen molar-refractivity contribution in [3.63, 3.8) is 0 Å². The molecule has 4 amide bonds. The topological polar surface area (TPSA) is 97.0 Å². The number of hydrogen-bond acceptors (Lipinski definition) is 5. The summed E-state index contributed by atoms with van der Waals surface area (Å²) in [5.41, 5.74) is 0.376. The second-order valence-electron chi connectivity index (χ2n) is 7.35. The van der Waals surface area contributed by atoms with Crippen LogP contribution in [0, 0.1) is 0 Å². The summed E-state index contributed by atoms with van der Waals surface area (Å²) in [4.78, 5) is 39.2. The van der Waals surface area contributed by atoms with E-state index in [1.54, 1.807) is 24.3 Å². The van der Waals surface area contributed by atoms with Crippen LogP contribution in [-0.4, -0.2) is 36.1 Å². The Bertz CT molecular complexity index is 994. The largest absolute Gasteiger partial charge is 0.454 e. The van der Waals surface area contributed by atoms with E-state index < -0.39 is 23.4 Å². The van der Waals surface area contributed by atoms with Gasteiger partial charge >= 0.3 is 6.03 Å². The maximum absolute atomic E-state index is 13.1. The molecule has 156 valence electrons. The van der Waals surface area contributed by atoms with Gasteiger partial charge in [-0.2, -0.15) is 0 Å². The normalized spacial score (nSPS) is 20.8. The molecule has 2 unspecified atom stereocenters. The summed E-state index contributed by atoms with van der Waals surface area (Å²) in [5, 5.41) is 5.61. The van der Waals surface area contributed by atoms with Gasteiger partial charge in [-0.1, -0.05) is 43.3 Å². The number of carbonyl (C=O) groups is 3. The third kappa shape index (κ3) is 3.34. The minimum absolute atomic E-state index is 0.173. The molecule has 2 aliphatic heterocycles. The standard InChI is InChI=1S/C22H23N3O5/c1-3-22(16-7-5-4-6-8-16)20(27)25(21(28)24-22)12-19(26)23-14(2)15-9-10-17-18(11-15)30-13-29-17/h4-11,14H,3,12-13H2,1-2H3,(H,23,26)(H,24,28). The molecule has 30 heavy (non-hydrogen) atoms. The molecule has 2 heterocycles. The van der Waals surface area contributed by atoms with Crippen LogP contribution in [0.2, 0.25) is 0 Å². The van der Waals surface area contributed by atoms with E-state index in [1.807, 2.05) is 38.1 Å². The summed E-state index contributed by atoms with van der Waals surface area (Å²) < 4.78 is 10.7. The zero-order valence-electron chi connectivity index (χ0n) is 16.8. The Hall–Kier alpha value is -3.55. The SMILES string of the molecule is CCC1(c2ccccc2)NC(=O)N(CC(=O)NC(C)c2ccc3c(c2)OCO3)C1=O. The molecule has 1 fully saturated rings. The van der Waals surface area contributed by atoms with Gasteiger partial charge in [0.25, 0.3) is 5.91 Å². The highest BCUT2D eigenvalue weighted by atomic mass is 16.7. The van der Waals surface area contributed by atoms with E-state index >= 15 is 0 Å². The average molecular weight is 409 g/mol. The van der Waals surface area contributed by atoms with E-state index in [4.69, 9.17) is 9.47 Å². The van der Waals surface area contributed by atoms with E-state index in [1.165, 1.54) is 0 Å². The maximum Gasteiger partial charge on any atom is 0.325 e. The quantitative estimate of drug-likeness (QED) is 0.715. The number of nitrogens with one attached hydrogen (secondary N) is 2. The monoisotopic (exact) mass is 409 g/mol. The molecule has 0 radical (unpaired) electrons. The summed E-state index contributed by atoms with van der Waals surface area (Å²) in [6, 6.07) is 13.6. The molecular weight excluding hydrogens is 386 g/mol. The number of carbonyl (C=O) groups excluding carboxylic acids is 3. The molecule has 0 spiro atoms. The number of urea groups is 1. The van der Waals surface area contributed by atoms with E-state index in [0.717, 1.165) is 10.5 Å².